The first-order chi connectivity index (χ1) is 17.5. The predicted molar refractivity (Wildman–Crippen MR) is 143 cm³/mol. The minimum Gasteiger partial charge on any atom is -0.489 e. The fourth-order valence-electron chi connectivity index (χ4n) is 3.61. The van der Waals surface area contributed by atoms with Crippen LogP contribution in [0.4, 0.5) is 11.4 Å². The first kappa shape index (κ1) is 24.5. The van der Waals surface area contributed by atoms with E-state index in [4.69, 9.17) is 9.47 Å². The molecule has 2 N–H and O–H groups in total. The molecule has 0 atom stereocenters. The third-order valence-corrected chi connectivity index (χ3v) is 5.26. The van der Waals surface area contributed by atoms with E-state index in [0.29, 0.717) is 28.4 Å². The summed E-state index contributed by atoms with van der Waals surface area (Å²) in [6, 6.07) is 31.7. The first-order valence-corrected chi connectivity index (χ1v) is 11.7. The summed E-state index contributed by atoms with van der Waals surface area (Å²) in [6.45, 7) is 3.58. The van der Waals surface area contributed by atoms with Crippen molar-refractivity contribution in [3.8, 4) is 22.6 Å². The molecule has 0 fully saturated rings. The van der Waals surface area contributed by atoms with E-state index < -0.39 is 0 Å². The van der Waals surface area contributed by atoms with Gasteiger partial charge in [0.05, 0.1) is 17.4 Å². The highest BCUT2D eigenvalue weighted by Gasteiger charge is 2.15. The van der Waals surface area contributed by atoms with Crippen molar-refractivity contribution in [2.45, 2.75) is 20.0 Å². The maximum atomic E-state index is 13.0. The minimum absolute atomic E-state index is 0.0285. The minimum atomic E-state index is -0.360. The standard InChI is InChI=1S/C30H28N2O4/c1-21(2)36-28-15-9-7-13-26(28)32-29(33)20-35-27-14-8-6-12-25(27)30(34)31-24-18-16-23(17-19-24)22-10-4-3-5-11-22/h3-19,21H,20H2,1-2H3,(H,31,34)(H,32,33). The van der Waals surface area contributed by atoms with Crippen LogP contribution in [0.1, 0.15) is 24.2 Å². The highest BCUT2D eigenvalue weighted by molar-refractivity contribution is 6.06. The fourth-order valence-corrected chi connectivity index (χ4v) is 3.61. The zero-order valence-corrected chi connectivity index (χ0v) is 20.2. The fraction of sp³-hybridized carbons (Fsp3) is 0.133. The second kappa shape index (κ2) is 11.7. The van der Waals surface area contributed by atoms with Crippen LogP contribution in [0.5, 0.6) is 11.5 Å². The number of ether oxygens (including phenoxy) is 2. The van der Waals surface area contributed by atoms with Crippen molar-refractivity contribution in [2.24, 2.45) is 0 Å². The van der Waals surface area contributed by atoms with Crippen LogP contribution in [0.25, 0.3) is 11.1 Å². The summed E-state index contributed by atoms with van der Waals surface area (Å²) in [5, 5.41) is 5.70. The SMILES string of the molecule is CC(C)Oc1ccccc1NC(=O)COc1ccccc1C(=O)Nc1ccc(-c2ccccc2)cc1. The van der Waals surface area contributed by atoms with Gasteiger partial charge in [-0.3, -0.25) is 9.59 Å². The third-order valence-electron chi connectivity index (χ3n) is 5.26. The number of carbonyl (C=O) groups is 2. The largest absolute Gasteiger partial charge is 0.489 e. The van der Waals surface area contributed by atoms with Crippen LogP contribution in [-0.4, -0.2) is 24.5 Å². The van der Waals surface area contributed by atoms with E-state index >= 15 is 0 Å². The molecule has 0 spiro atoms. The van der Waals surface area contributed by atoms with Crippen LogP contribution in [0.3, 0.4) is 0 Å². The zero-order chi connectivity index (χ0) is 25.3. The molecule has 6 heteroatoms. The number of nitrogens with one attached hydrogen (secondary N) is 2. The Morgan fingerprint density at radius 1 is 0.694 bits per heavy atom. The summed E-state index contributed by atoms with van der Waals surface area (Å²) in [4.78, 5) is 25.5. The molecule has 0 aromatic heterocycles. The highest BCUT2D eigenvalue weighted by Crippen LogP contribution is 2.26. The van der Waals surface area contributed by atoms with Crippen LogP contribution in [0, 0.1) is 0 Å². The number of anilines is 2. The molecule has 6 nitrogen and oxygen atoms in total. The van der Waals surface area contributed by atoms with Crippen molar-refractivity contribution in [2.75, 3.05) is 17.2 Å². The van der Waals surface area contributed by atoms with Crippen LogP contribution < -0.4 is 20.1 Å². The van der Waals surface area contributed by atoms with Gasteiger partial charge in [-0.15, -0.1) is 0 Å². The van der Waals surface area contributed by atoms with E-state index in [-0.39, 0.29) is 24.5 Å². The van der Waals surface area contributed by atoms with Gasteiger partial charge in [-0.1, -0.05) is 66.7 Å². The normalized spacial score (nSPS) is 10.5. The number of hydrogen-bond donors (Lipinski definition) is 2. The molecule has 0 unspecified atom stereocenters. The molecule has 0 aliphatic carbocycles. The Balaban J connectivity index is 1.38. The van der Waals surface area contributed by atoms with E-state index in [2.05, 4.69) is 10.6 Å². The van der Waals surface area contributed by atoms with Gasteiger partial charge in [0, 0.05) is 5.69 Å². The summed E-state index contributed by atoms with van der Waals surface area (Å²) in [7, 11) is 0. The highest BCUT2D eigenvalue weighted by atomic mass is 16.5. The topological polar surface area (TPSA) is 76.7 Å². The number of amides is 2. The van der Waals surface area contributed by atoms with E-state index in [9.17, 15) is 9.59 Å². The van der Waals surface area contributed by atoms with Crippen LogP contribution in [-0.2, 0) is 4.79 Å². The molecule has 0 radical (unpaired) electrons. The number of benzene rings is 4. The summed E-state index contributed by atoms with van der Waals surface area (Å²) < 4.78 is 11.5. The molecular weight excluding hydrogens is 452 g/mol. The summed E-state index contributed by atoms with van der Waals surface area (Å²) in [6.07, 6.45) is -0.0285. The molecule has 0 bridgehead atoms. The van der Waals surface area contributed by atoms with Crippen molar-refractivity contribution >= 4 is 23.2 Å². The molecule has 0 saturated heterocycles. The van der Waals surface area contributed by atoms with Gasteiger partial charge < -0.3 is 20.1 Å². The number of carbonyl (C=O) groups excluding carboxylic acids is 2. The smallest absolute Gasteiger partial charge is 0.262 e. The summed E-state index contributed by atoms with van der Waals surface area (Å²) >= 11 is 0. The van der Waals surface area contributed by atoms with Crippen molar-refractivity contribution in [1.82, 2.24) is 0 Å². The van der Waals surface area contributed by atoms with Gasteiger partial charge >= 0.3 is 0 Å². The average Bonchev–Trinajstić information content (AvgIpc) is 2.89. The van der Waals surface area contributed by atoms with Gasteiger partial charge in [0.2, 0.25) is 0 Å². The molecular formula is C30H28N2O4. The monoisotopic (exact) mass is 480 g/mol. The lowest BCUT2D eigenvalue weighted by Gasteiger charge is -2.15. The maximum absolute atomic E-state index is 13.0. The van der Waals surface area contributed by atoms with Gasteiger partial charge in [-0.25, -0.2) is 0 Å². The lowest BCUT2D eigenvalue weighted by atomic mass is 10.1. The predicted octanol–water partition coefficient (Wildman–Crippen LogP) is 6.41. The second-order valence-electron chi connectivity index (χ2n) is 8.39. The van der Waals surface area contributed by atoms with Crippen molar-refractivity contribution < 1.29 is 19.1 Å². The Morgan fingerprint density at radius 2 is 1.31 bits per heavy atom. The van der Waals surface area contributed by atoms with Gasteiger partial charge in [0.15, 0.2) is 6.61 Å². The lowest BCUT2D eigenvalue weighted by molar-refractivity contribution is -0.118. The van der Waals surface area contributed by atoms with Gasteiger partial charge in [0.1, 0.15) is 11.5 Å². The zero-order valence-electron chi connectivity index (χ0n) is 20.2. The van der Waals surface area contributed by atoms with Crippen molar-refractivity contribution in [3.63, 3.8) is 0 Å². The molecule has 4 aromatic rings. The van der Waals surface area contributed by atoms with Crippen molar-refractivity contribution in [3.05, 3.63) is 109 Å². The molecule has 0 saturated carbocycles. The molecule has 0 heterocycles. The Hall–Kier alpha value is -4.58. The van der Waals surface area contributed by atoms with Crippen molar-refractivity contribution in [1.29, 1.82) is 0 Å². The lowest BCUT2D eigenvalue weighted by Crippen LogP contribution is -2.22. The summed E-state index contributed by atoms with van der Waals surface area (Å²) in [5.41, 5.74) is 3.72. The summed E-state index contributed by atoms with van der Waals surface area (Å²) in [5.74, 6) is 0.215. The Morgan fingerprint density at radius 3 is 2.03 bits per heavy atom. The third kappa shape index (κ3) is 6.51. The van der Waals surface area contributed by atoms with E-state index in [1.807, 2.05) is 80.6 Å². The molecule has 0 aliphatic heterocycles. The van der Waals surface area contributed by atoms with Crippen LogP contribution in [0.2, 0.25) is 0 Å². The number of para-hydroxylation sites is 3. The van der Waals surface area contributed by atoms with E-state index in [0.717, 1.165) is 11.1 Å². The molecule has 0 aliphatic rings. The molecule has 36 heavy (non-hydrogen) atoms. The van der Waals surface area contributed by atoms with Crippen LogP contribution in [0.15, 0.2) is 103 Å². The molecule has 2 amide bonds. The van der Waals surface area contributed by atoms with E-state index in [1.165, 1.54) is 0 Å². The Bertz CT molecular complexity index is 1320. The number of rotatable bonds is 9. The quantitative estimate of drug-likeness (QED) is 0.290. The Labute approximate surface area is 210 Å². The van der Waals surface area contributed by atoms with Gasteiger partial charge in [0.25, 0.3) is 11.8 Å². The Kier molecular flexibility index (Phi) is 7.98. The molecule has 4 aromatic carbocycles. The van der Waals surface area contributed by atoms with Gasteiger partial charge in [-0.2, -0.15) is 0 Å². The van der Waals surface area contributed by atoms with Crippen LogP contribution >= 0.6 is 0 Å². The average molecular weight is 481 g/mol. The van der Waals surface area contributed by atoms with Gasteiger partial charge in [-0.05, 0) is 61.4 Å². The second-order valence-corrected chi connectivity index (χ2v) is 8.39. The van der Waals surface area contributed by atoms with E-state index in [1.54, 1.807) is 36.4 Å². The molecule has 4 rings (SSSR count). The first-order valence-electron chi connectivity index (χ1n) is 11.7. The number of hydrogen-bond acceptors (Lipinski definition) is 4. The maximum Gasteiger partial charge on any atom is 0.262 e. The molecule has 182 valence electrons.